The number of anilines is 1. The van der Waals surface area contributed by atoms with Crippen molar-refractivity contribution in [2.45, 2.75) is 17.1 Å². The van der Waals surface area contributed by atoms with Crippen LogP contribution in [0, 0.1) is 0 Å². The first-order valence-electron chi connectivity index (χ1n) is 8.96. The Kier molecular flexibility index (Phi) is 6.85. The molecule has 138 valence electrons. The molecule has 0 spiro atoms. The maximum absolute atomic E-state index is 12.3. The van der Waals surface area contributed by atoms with Crippen LogP contribution in [0.2, 0.25) is 0 Å². The highest BCUT2D eigenvalue weighted by Crippen LogP contribution is 2.22. The van der Waals surface area contributed by atoms with Gasteiger partial charge < -0.3 is 10.2 Å². The Morgan fingerprint density at radius 3 is 2.50 bits per heavy atom. The molecule has 0 radical (unpaired) electrons. The average molecular weight is 372 g/mol. The molecule has 7 heteroatoms. The molecule has 1 aliphatic rings. The zero-order chi connectivity index (χ0) is 18.2. The Balaban J connectivity index is 1.34. The molecule has 0 saturated carbocycles. The number of benzene rings is 1. The van der Waals surface area contributed by atoms with E-state index in [0.717, 1.165) is 43.6 Å². The minimum Gasteiger partial charge on any atom is -0.354 e. The third-order valence-corrected chi connectivity index (χ3v) is 5.47. The lowest BCUT2D eigenvalue weighted by Crippen LogP contribution is -2.49. The van der Waals surface area contributed by atoms with Crippen LogP contribution in [0.15, 0.2) is 53.7 Å². The van der Waals surface area contributed by atoms with Gasteiger partial charge in [0.2, 0.25) is 11.9 Å². The number of thioether (sulfide) groups is 1. The van der Waals surface area contributed by atoms with Gasteiger partial charge in [-0.15, -0.1) is 11.8 Å². The van der Waals surface area contributed by atoms with Crippen molar-refractivity contribution in [2.24, 2.45) is 0 Å². The van der Waals surface area contributed by atoms with Crippen LogP contribution < -0.4 is 10.2 Å². The summed E-state index contributed by atoms with van der Waals surface area (Å²) < 4.78 is 0. The van der Waals surface area contributed by atoms with Gasteiger partial charge in [-0.05, 0) is 25.1 Å². The highest BCUT2D eigenvalue weighted by atomic mass is 32.2. The molecule has 1 unspecified atom stereocenters. The highest BCUT2D eigenvalue weighted by molar-refractivity contribution is 8.00. The largest absolute Gasteiger partial charge is 0.354 e. The second-order valence-corrected chi connectivity index (χ2v) is 7.66. The van der Waals surface area contributed by atoms with Crippen LogP contribution in [0.4, 0.5) is 5.95 Å². The SMILES string of the molecule is CC(Sc1ccccc1)C(=O)NCCN1CCN(c2ncccn2)CC1. The second kappa shape index (κ2) is 9.54. The van der Waals surface area contributed by atoms with Crippen molar-refractivity contribution < 1.29 is 4.79 Å². The molecule has 1 aromatic carbocycles. The zero-order valence-corrected chi connectivity index (χ0v) is 15.9. The number of piperazine rings is 1. The fourth-order valence-corrected chi connectivity index (χ4v) is 3.78. The molecule has 1 saturated heterocycles. The molecular formula is C19H25N5OS. The van der Waals surface area contributed by atoms with Gasteiger partial charge in [-0.3, -0.25) is 9.69 Å². The minimum absolute atomic E-state index is 0.0928. The molecule has 6 nitrogen and oxygen atoms in total. The topological polar surface area (TPSA) is 61.4 Å². The highest BCUT2D eigenvalue weighted by Gasteiger charge is 2.19. The molecular weight excluding hydrogens is 346 g/mol. The van der Waals surface area contributed by atoms with Crippen molar-refractivity contribution >= 4 is 23.6 Å². The van der Waals surface area contributed by atoms with Gasteiger partial charge >= 0.3 is 0 Å². The molecule has 2 heterocycles. The Morgan fingerprint density at radius 1 is 1.12 bits per heavy atom. The van der Waals surface area contributed by atoms with Crippen LogP contribution in [0.25, 0.3) is 0 Å². The Bertz CT molecular complexity index is 677. The standard InChI is InChI=1S/C19H25N5OS/c1-16(26-17-6-3-2-4-7-17)18(25)20-10-11-23-12-14-24(15-13-23)19-21-8-5-9-22-19/h2-9,16H,10-15H2,1H3,(H,20,25). The number of carbonyl (C=O) groups excluding carboxylic acids is 1. The number of hydrogen-bond donors (Lipinski definition) is 1. The number of amides is 1. The lowest BCUT2D eigenvalue weighted by Gasteiger charge is -2.34. The van der Waals surface area contributed by atoms with Gasteiger partial charge in [0.25, 0.3) is 0 Å². The molecule has 1 atom stereocenters. The van der Waals surface area contributed by atoms with Crippen molar-refractivity contribution in [1.29, 1.82) is 0 Å². The van der Waals surface area contributed by atoms with Crippen LogP contribution in [0.5, 0.6) is 0 Å². The lowest BCUT2D eigenvalue weighted by molar-refractivity contribution is -0.120. The second-order valence-electron chi connectivity index (χ2n) is 6.24. The molecule has 26 heavy (non-hydrogen) atoms. The summed E-state index contributed by atoms with van der Waals surface area (Å²) in [4.78, 5) is 26.5. The maximum Gasteiger partial charge on any atom is 0.233 e. The molecule has 2 aromatic rings. The Morgan fingerprint density at radius 2 is 1.81 bits per heavy atom. The summed E-state index contributed by atoms with van der Waals surface area (Å²) >= 11 is 1.59. The van der Waals surface area contributed by atoms with Gasteiger partial charge in [-0.1, -0.05) is 18.2 Å². The number of aromatic nitrogens is 2. The normalized spacial score (nSPS) is 16.3. The summed E-state index contributed by atoms with van der Waals surface area (Å²) in [6.07, 6.45) is 3.55. The maximum atomic E-state index is 12.3. The van der Waals surface area contributed by atoms with E-state index in [9.17, 15) is 4.79 Å². The molecule has 1 aliphatic heterocycles. The monoisotopic (exact) mass is 371 g/mol. The summed E-state index contributed by atoms with van der Waals surface area (Å²) in [6.45, 7) is 7.26. The quantitative estimate of drug-likeness (QED) is 0.750. The van der Waals surface area contributed by atoms with Crippen molar-refractivity contribution in [1.82, 2.24) is 20.2 Å². The van der Waals surface area contributed by atoms with E-state index < -0.39 is 0 Å². The molecule has 1 aromatic heterocycles. The number of nitrogens with one attached hydrogen (secondary N) is 1. The van der Waals surface area contributed by atoms with E-state index in [1.807, 2.05) is 43.3 Å². The molecule has 0 aliphatic carbocycles. The minimum atomic E-state index is -0.0931. The molecule has 3 rings (SSSR count). The van der Waals surface area contributed by atoms with E-state index in [4.69, 9.17) is 0 Å². The molecule has 1 amide bonds. The van der Waals surface area contributed by atoms with E-state index >= 15 is 0 Å². The number of carbonyl (C=O) groups is 1. The van der Waals surface area contributed by atoms with Gasteiger partial charge in [-0.2, -0.15) is 0 Å². The Labute approximate surface area is 159 Å². The summed E-state index contributed by atoms with van der Waals surface area (Å²) in [5.74, 6) is 0.891. The molecule has 1 fully saturated rings. The van der Waals surface area contributed by atoms with E-state index in [-0.39, 0.29) is 11.2 Å². The fraction of sp³-hybridized carbons (Fsp3) is 0.421. The van der Waals surface area contributed by atoms with E-state index in [0.29, 0.717) is 6.54 Å². The first-order valence-corrected chi connectivity index (χ1v) is 9.84. The van der Waals surface area contributed by atoms with Crippen LogP contribution in [0.3, 0.4) is 0 Å². The third kappa shape index (κ3) is 5.44. The number of rotatable bonds is 7. The van der Waals surface area contributed by atoms with Crippen molar-refractivity contribution in [3.05, 3.63) is 48.8 Å². The Hall–Kier alpha value is -2.12. The van der Waals surface area contributed by atoms with E-state index in [2.05, 4.69) is 25.1 Å². The number of nitrogens with zero attached hydrogens (tertiary/aromatic N) is 4. The van der Waals surface area contributed by atoms with Crippen molar-refractivity contribution in [2.75, 3.05) is 44.2 Å². The van der Waals surface area contributed by atoms with Gasteiger partial charge in [0.15, 0.2) is 0 Å². The first kappa shape index (κ1) is 18.7. The average Bonchev–Trinajstić information content (AvgIpc) is 2.70. The third-order valence-electron chi connectivity index (χ3n) is 4.36. The zero-order valence-electron chi connectivity index (χ0n) is 15.0. The van der Waals surface area contributed by atoms with Crippen LogP contribution in [-0.2, 0) is 4.79 Å². The van der Waals surface area contributed by atoms with Crippen molar-refractivity contribution in [3.63, 3.8) is 0 Å². The van der Waals surface area contributed by atoms with E-state index in [1.54, 1.807) is 24.2 Å². The predicted octanol–water partition coefficient (Wildman–Crippen LogP) is 1.90. The van der Waals surface area contributed by atoms with Gasteiger partial charge in [0.05, 0.1) is 5.25 Å². The smallest absolute Gasteiger partial charge is 0.233 e. The first-order chi connectivity index (χ1) is 12.7. The van der Waals surface area contributed by atoms with Gasteiger partial charge in [0.1, 0.15) is 0 Å². The summed E-state index contributed by atoms with van der Waals surface area (Å²) in [5, 5.41) is 2.96. The van der Waals surface area contributed by atoms with Crippen LogP contribution in [-0.4, -0.2) is 65.3 Å². The fourth-order valence-electron chi connectivity index (χ4n) is 2.86. The summed E-state index contributed by atoms with van der Waals surface area (Å²) in [5.41, 5.74) is 0. The summed E-state index contributed by atoms with van der Waals surface area (Å²) in [7, 11) is 0. The molecule has 0 bridgehead atoms. The van der Waals surface area contributed by atoms with Crippen molar-refractivity contribution in [3.8, 4) is 0 Å². The number of hydrogen-bond acceptors (Lipinski definition) is 6. The van der Waals surface area contributed by atoms with Gasteiger partial charge in [0, 0.05) is 56.6 Å². The van der Waals surface area contributed by atoms with E-state index in [1.165, 1.54) is 0 Å². The summed E-state index contributed by atoms with van der Waals surface area (Å²) in [6, 6.07) is 11.9. The molecule has 1 N–H and O–H groups in total. The van der Waals surface area contributed by atoms with Crippen LogP contribution in [0.1, 0.15) is 6.92 Å². The lowest BCUT2D eigenvalue weighted by atomic mass is 10.3. The van der Waals surface area contributed by atoms with Gasteiger partial charge in [-0.25, -0.2) is 9.97 Å². The van der Waals surface area contributed by atoms with Crippen LogP contribution >= 0.6 is 11.8 Å². The predicted molar refractivity (Wildman–Crippen MR) is 105 cm³/mol.